The van der Waals surface area contributed by atoms with E-state index in [1.54, 1.807) is 4.90 Å². The summed E-state index contributed by atoms with van der Waals surface area (Å²) in [6.45, 7) is 7.30. The molecule has 2 atom stereocenters. The van der Waals surface area contributed by atoms with E-state index in [1.807, 2.05) is 55.8 Å². The van der Waals surface area contributed by atoms with Gasteiger partial charge in [0.25, 0.3) is 5.91 Å². The van der Waals surface area contributed by atoms with Crippen LogP contribution < -0.4 is 0 Å². The predicted octanol–water partition coefficient (Wildman–Crippen LogP) is 2.34. The monoisotopic (exact) mass is 341 g/mol. The summed E-state index contributed by atoms with van der Waals surface area (Å²) in [6, 6.07) is 9.51. The van der Waals surface area contributed by atoms with Gasteiger partial charge >= 0.3 is 5.97 Å². The van der Waals surface area contributed by atoms with Gasteiger partial charge in [0.15, 0.2) is 0 Å². The number of benzene rings is 1. The van der Waals surface area contributed by atoms with E-state index < -0.39 is 11.9 Å². The van der Waals surface area contributed by atoms with Gasteiger partial charge in [-0.25, -0.2) is 0 Å². The Balaban J connectivity index is 1.69. The number of likely N-dealkylation sites (tertiary alicyclic amines) is 1. The molecule has 0 aliphatic carbocycles. The van der Waals surface area contributed by atoms with Gasteiger partial charge in [-0.3, -0.25) is 14.3 Å². The number of aryl methyl sites for hydroxylation is 2. The molecule has 0 unspecified atom stereocenters. The second-order valence-corrected chi connectivity index (χ2v) is 6.91. The Hall–Kier alpha value is -2.63. The van der Waals surface area contributed by atoms with Crippen LogP contribution in [0.15, 0.2) is 30.3 Å². The van der Waals surface area contributed by atoms with Gasteiger partial charge in [-0.1, -0.05) is 19.1 Å². The Morgan fingerprint density at radius 2 is 1.88 bits per heavy atom. The molecule has 0 saturated carbocycles. The Morgan fingerprint density at radius 1 is 1.20 bits per heavy atom. The van der Waals surface area contributed by atoms with E-state index in [1.165, 1.54) is 0 Å². The fourth-order valence-corrected chi connectivity index (χ4v) is 3.40. The Bertz CT molecular complexity index is 795. The maximum atomic E-state index is 12.6. The molecule has 2 aromatic rings. The third kappa shape index (κ3) is 3.57. The lowest BCUT2D eigenvalue weighted by atomic mass is 9.99. The largest absolute Gasteiger partial charge is 0.481 e. The number of carbonyl (C=O) groups excluding carboxylic acids is 1. The van der Waals surface area contributed by atoms with E-state index in [0.29, 0.717) is 18.7 Å². The minimum absolute atomic E-state index is 0.0215. The van der Waals surface area contributed by atoms with E-state index in [0.717, 1.165) is 17.0 Å². The van der Waals surface area contributed by atoms with Crippen molar-refractivity contribution < 1.29 is 14.7 Å². The van der Waals surface area contributed by atoms with Crippen LogP contribution in [-0.4, -0.2) is 44.8 Å². The molecule has 1 aromatic heterocycles. The molecule has 25 heavy (non-hydrogen) atoms. The topological polar surface area (TPSA) is 75.4 Å². The molecule has 1 amide bonds. The number of hydrogen-bond acceptors (Lipinski definition) is 3. The molecule has 2 heterocycles. The van der Waals surface area contributed by atoms with Crippen LogP contribution in [0.4, 0.5) is 0 Å². The van der Waals surface area contributed by atoms with E-state index in [4.69, 9.17) is 0 Å². The summed E-state index contributed by atoms with van der Waals surface area (Å²) in [5.74, 6) is -1.43. The predicted molar refractivity (Wildman–Crippen MR) is 93.4 cm³/mol. The molecule has 6 nitrogen and oxygen atoms in total. The molecular formula is C19H23N3O3. The highest BCUT2D eigenvalue weighted by atomic mass is 16.4. The van der Waals surface area contributed by atoms with Crippen LogP contribution in [0.25, 0.3) is 0 Å². The summed E-state index contributed by atoms with van der Waals surface area (Å²) in [6.07, 6.45) is 0. The highest BCUT2D eigenvalue weighted by molar-refractivity contribution is 5.94. The number of amides is 1. The maximum Gasteiger partial charge on any atom is 0.308 e. The van der Waals surface area contributed by atoms with Crippen LogP contribution >= 0.6 is 0 Å². The van der Waals surface area contributed by atoms with Crippen molar-refractivity contribution in [3.8, 4) is 0 Å². The molecule has 1 saturated heterocycles. The van der Waals surface area contributed by atoms with Crippen LogP contribution in [0.1, 0.15) is 34.2 Å². The van der Waals surface area contributed by atoms with Crippen LogP contribution in [0.3, 0.4) is 0 Å². The molecule has 0 spiro atoms. The molecule has 1 N–H and O–H groups in total. The highest BCUT2D eigenvalue weighted by Crippen LogP contribution is 2.24. The first kappa shape index (κ1) is 17.2. The van der Waals surface area contributed by atoms with E-state index in [2.05, 4.69) is 5.10 Å². The minimum Gasteiger partial charge on any atom is -0.481 e. The van der Waals surface area contributed by atoms with Crippen LogP contribution in [0.2, 0.25) is 0 Å². The van der Waals surface area contributed by atoms with Gasteiger partial charge < -0.3 is 10.0 Å². The second kappa shape index (κ2) is 6.70. The van der Waals surface area contributed by atoms with Gasteiger partial charge in [0.1, 0.15) is 0 Å². The number of aliphatic carboxylic acids is 1. The first-order chi connectivity index (χ1) is 11.8. The number of nitrogens with zero attached hydrogens (tertiary/aromatic N) is 3. The number of carboxylic acids is 1. The molecule has 3 rings (SSSR count). The van der Waals surface area contributed by atoms with Crippen LogP contribution in [0, 0.1) is 25.7 Å². The number of hydrogen-bond donors (Lipinski definition) is 1. The van der Waals surface area contributed by atoms with Gasteiger partial charge in [0.05, 0.1) is 18.2 Å². The molecule has 0 radical (unpaired) electrons. The number of rotatable bonds is 4. The van der Waals surface area contributed by atoms with Crippen molar-refractivity contribution >= 4 is 11.9 Å². The molecule has 1 aliphatic heterocycles. The van der Waals surface area contributed by atoms with Crippen molar-refractivity contribution in [3.05, 3.63) is 52.8 Å². The smallest absolute Gasteiger partial charge is 0.308 e. The van der Waals surface area contributed by atoms with Gasteiger partial charge in [0, 0.05) is 24.3 Å². The van der Waals surface area contributed by atoms with Gasteiger partial charge in [-0.2, -0.15) is 5.10 Å². The lowest BCUT2D eigenvalue weighted by Crippen LogP contribution is -2.29. The summed E-state index contributed by atoms with van der Waals surface area (Å²) in [7, 11) is 0. The molecule has 0 bridgehead atoms. The fourth-order valence-electron chi connectivity index (χ4n) is 3.40. The van der Waals surface area contributed by atoms with E-state index in [-0.39, 0.29) is 18.4 Å². The SMILES string of the molecule is Cc1cc(C)n(Cc2ccc(C(=O)N3C[C@@H](C)[C@H](C(=O)O)C3)cc2)n1. The van der Waals surface area contributed by atoms with Crippen molar-refractivity contribution in [1.82, 2.24) is 14.7 Å². The Kier molecular flexibility index (Phi) is 4.61. The summed E-state index contributed by atoms with van der Waals surface area (Å²) in [5.41, 5.74) is 3.75. The zero-order valence-corrected chi connectivity index (χ0v) is 14.8. The number of carboxylic acid groups (broad SMARTS) is 1. The van der Waals surface area contributed by atoms with E-state index >= 15 is 0 Å². The first-order valence-corrected chi connectivity index (χ1v) is 8.47. The highest BCUT2D eigenvalue weighted by Gasteiger charge is 2.37. The quantitative estimate of drug-likeness (QED) is 0.926. The molecular weight excluding hydrogens is 318 g/mol. The molecule has 1 aromatic carbocycles. The average molecular weight is 341 g/mol. The Labute approximate surface area is 147 Å². The van der Waals surface area contributed by atoms with Crippen molar-refractivity contribution in [2.24, 2.45) is 11.8 Å². The van der Waals surface area contributed by atoms with Gasteiger partial charge in [-0.15, -0.1) is 0 Å². The normalized spacial score (nSPS) is 20.0. The van der Waals surface area contributed by atoms with Crippen molar-refractivity contribution in [3.63, 3.8) is 0 Å². The third-order valence-corrected chi connectivity index (χ3v) is 4.85. The molecule has 1 aliphatic rings. The minimum atomic E-state index is -0.831. The molecule has 1 fully saturated rings. The van der Waals surface area contributed by atoms with E-state index in [9.17, 15) is 14.7 Å². The standard InChI is InChI=1S/C19H23N3O3/c1-12-9-21(11-17(12)19(24)25)18(23)16-6-4-15(5-7-16)10-22-14(3)8-13(2)20-22/h4-8,12,17H,9-11H2,1-3H3,(H,24,25)/t12-,17-/m1/s1. The zero-order valence-electron chi connectivity index (χ0n) is 14.8. The lowest BCUT2D eigenvalue weighted by Gasteiger charge is -2.16. The van der Waals surface area contributed by atoms with Crippen molar-refractivity contribution in [1.29, 1.82) is 0 Å². The number of aromatic nitrogens is 2. The maximum absolute atomic E-state index is 12.6. The third-order valence-electron chi connectivity index (χ3n) is 4.85. The summed E-state index contributed by atoms with van der Waals surface area (Å²) < 4.78 is 1.94. The van der Waals surface area contributed by atoms with Gasteiger partial charge in [-0.05, 0) is 43.5 Å². The lowest BCUT2D eigenvalue weighted by molar-refractivity contribution is -0.142. The van der Waals surface area contributed by atoms with Crippen molar-refractivity contribution in [2.45, 2.75) is 27.3 Å². The van der Waals surface area contributed by atoms with Crippen LogP contribution in [0.5, 0.6) is 0 Å². The summed E-state index contributed by atoms with van der Waals surface area (Å²) in [5, 5.41) is 13.7. The number of carbonyl (C=O) groups is 2. The Morgan fingerprint density at radius 3 is 2.40 bits per heavy atom. The van der Waals surface area contributed by atoms with Crippen LogP contribution in [-0.2, 0) is 11.3 Å². The van der Waals surface area contributed by atoms with Crippen molar-refractivity contribution in [2.75, 3.05) is 13.1 Å². The zero-order chi connectivity index (χ0) is 18.1. The fraction of sp³-hybridized carbons (Fsp3) is 0.421. The second-order valence-electron chi connectivity index (χ2n) is 6.91. The first-order valence-electron chi connectivity index (χ1n) is 8.47. The molecule has 6 heteroatoms. The average Bonchev–Trinajstić information content (AvgIpc) is 3.10. The summed E-state index contributed by atoms with van der Waals surface area (Å²) in [4.78, 5) is 25.5. The van der Waals surface area contributed by atoms with Gasteiger partial charge in [0.2, 0.25) is 0 Å². The summed E-state index contributed by atoms with van der Waals surface area (Å²) >= 11 is 0. The molecule has 132 valence electrons.